The molecule has 0 bridgehead atoms. The van der Waals surface area contributed by atoms with Crippen molar-refractivity contribution in [1.29, 1.82) is 0 Å². The highest BCUT2D eigenvalue weighted by Gasteiger charge is 2.19. The lowest BCUT2D eigenvalue weighted by atomic mass is 10.1. The molecule has 0 radical (unpaired) electrons. The molecule has 0 spiro atoms. The van der Waals surface area contributed by atoms with Crippen LogP contribution in [-0.4, -0.2) is 24.4 Å². The van der Waals surface area contributed by atoms with Gasteiger partial charge in [0.25, 0.3) is 0 Å². The summed E-state index contributed by atoms with van der Waals surface area (Å²) < 4.78 is 35.5. The molecule has 0 saturated carbocycles. The van der Waals surface area contributed by atoms with Gasteiger partial charge in [-0.05, 0) is 56.2 Å². The average molecular weight is 359 g/mol. The van der Waals surface area contributed by atoms with E-state index in [4.69, 9.17) is 4.74 Å². The molecule has 0 aliphatic carbocycles. The van der Waals surface area contributed by atoms with Crippen molar-refractivity contribution in [3.8, 4) is 5.75 Å². The van der Waals surface area contributed by atoms with Crippen LogP contribution in [-0.2, 0) is 16.6 Å². The Kier molecular flexibility index (Phi) is 4.78. The van der Waals surface area contributed by atoms with Crippen LogP contribution in [0.2, 0.25) is 0 Å². The van der Waals surface area contributed by atoms with Crippen molar-refractivity contribution in [2.45, 2.75) is 32.2 Å². The van der Waals surface area contributed by atoms with Gasteiger partial charge in [-0.25, -0.2) is 18.1 Å². The van der Waals surface area contributed by atoms with Crippen LogP contribution in [0.1, 0.15) is 23.9 Å². The van der Waals surface area contributed by atoms with Crippen molar-refractivity contribution in [2.24, 2.45) is 0 Å². The summed E-state index contributed by atoms with van der Waals surface area (Å²) in [5.74, 6) is 1.35. The normalized spacial score (nSPS) is 11.8. The summed E-state index contributed by atoms with van der Waals surface area (Å²) in [6, 6.07) is 9.12. The van der Waals surface area contributed by atoms with E-state index < -0.39 is 10.0 Å². The zero-order valence-corrected chi connectivity index (χ0v) is 15.3. The number of hydrogen-bond donors (Lipinski definition) is 1. The van der Waals surface area contributed by atoms with Crippen molar-refractivity contribution in [3.63, 3.8) is 0 Å². The molecule has 0 unspecified atom stereocenters. The largest absolute Gasteiger partial charge is 0.494 e. The molecule has 1 aromatic carbocycles. The molecule has 0 saturated heterocycles. The van der Waals surface area contributed by atoms with Crippen LogP contribution in [0.15, 0.2) is 47.6 Å². The molecule has 2 aromatic heterocycles. The van der Waals surface area contributed by atoms with E-state index in [-0.39, 0.29) is 11.4 Å². The summed E-state index contributed by atoms with van der Waals surface area (Å²) in [6.07, 6.45) is 3.58. The summed E-state index contributed by atoms with van der Waals surface area (Å²) in [5.41, 5.74) is 2.36. The number of ether oxygens (including phenoxy) is 1. The minimum Gasteiger partial charge on any atom is -0.494 e. The van der Waals surface area contributed by atoms with Crippen molar-refractivity contribution in [1.82, 2.24) is 14.1 Å². The van der Waals surface area contributed by atoms with Crippen LogP contribution >= 0.6 is 0 Å². The lowest BCUT2D eigenvalue weighted by molar-refractivity contribution is 0.337. The number of sulfonamides is 1. The fourth-order valence-electron chi connectivity index (χ4n) is 2.73. The van der Waals surface area contributed by atoms with E-state index in [9.17, 15) is 8.42 Å². The quantitative estimate of drug-likeness (QED) is 0.734. The highest BCUT2D eigenvalue weighted by Crippen LogP contribution is 2.26. The zero-order valence-electron chi connectivity index (χ0n) is 14.5. The Balaban J connectivity index is 1.86. The molecule has 6 nitrogen and oxygen atoms in total. The second-order valence-corrected chi connectivity index (χ2v) is 7.55. The van der Waals surface area contributed by atoms with Gasteiger partial charge in [0.05, 0.1) is 29.8 Å². The molecule has 25 heavy (non-hydrogen) atoms. The second kappa shape index (κ2) is 6.85. The molecule has 0 aliphatic rings. The van der Waals surface area contributed by atoms with E-state index >= 15 is 0 Å². The van der Waals surface area contributed by atoms with Gasteiger partial charge in [0.15, 0.2) is 0 Å². The number of aromatic nitrogens is 2. The van der Waals surface area contributed by atoms with Gasteiger partial charge in [-0.15, -0.1) is 0 Å². The predicted octanol–water partition coefficient (Wildman–Crippen LogP) is 2.83. The summed E-state index contributed by atoms with van der Waals surface area (Å²) in [4.78, 5) is 4.55. The standard InChI is InChI=1S/C18H21N3O3S/c1-4-24-16-9-14(3)17(10-13(16)2)25(22,23)20-12-18-19-11-15-7-5-6-8-21(15)18/h5-11,20H,4,12H2,1-3H3. The molecular formula is C18H21N3O3S. The fourth-order valence-corrected chi connectivity index (χ4v) is 4.02. The molecule has 1 N–H and O–H groups in total. The predicted molar refractivity (Wildman–Crippen MR) is 96.3 cm³/mol. The topological polar surface area (TPSA) is 72.7 Å². The first-order valence-corrected chi connectivity index (χ1v) is 9.55. The Morgan fingerprint density at radius 2 is 2.00 bits per heavy atom. The van der Waals surface area contributed by atoms with Crippen LogP contribution in [0.25, 0.3) is 5.52 Å². The number of hydrogen-bond acceptors (Lipinski definition) is 4. The van der Waals surface area contributed by atoms with Gasteiger partial charge in [0, 0.05) is 6.20 Å². The van der Waals surface area contributed by atoms with Crippen molar-refractivity contribution >= 4 is 15.5 Å². The van der Waals surface area contributed by atoms with Crippen molar-refractivity contribution < 1.29 is 13.2 Å². The van der Waals surface area contributed by atoms with Gasteiger partial charge >= 0.3 is 0 Å². The number of aryl methyl sites for hydroxylation is 2. The van der Waals surface area contributed by atoms with E-state index in [0.717, 1.165) is 11.1 Å². The summed E-state index contributed by atoms with van der Waals surface area (Å²) in [6.45, 7) is 6.16. The van der Waals surface area contributed by atoms with Crippen LogP contribution in [0, 0.1) is 13.8 Å². The number of nitrogens with one attached hydrogen (secondary N) is 1. The lowest BCUT2D eigenvalue weighted by Crippen LogP contribution is -2.25. The molecular weight excluding hydrogens is 338 g/mol. The van der Waals surface area contributed by atoms with Gasteiger partial charge in [-0.2, -0.15) is 0 Å². The number of benzene rings is 1. The van der Waals surface area contributed by atoms with Gasteiger partial charge in [-0.3, -0.25) is 0 Å². The first-order valence-electron chi connectivity index (χ1n) is 8.07. The third-order valence-electron chi connectivity index (χ3n) is 4.00. The smallest absolute Gasteiger partial charge is 0.241 e. The van der Waals surface area contributed by atoms with E-state index in [1.807, 2.05) is 42.6 Å². The van der Waals surface area contributed by atoms with Crippen molar-refractivity contribution in [3.05, 3.63) is 59.7 Å². The first-order chi connectivity index (χ1) is 11.9. The molecule has 0 fully saturated rings. The van der Waals surface area contributed by atoms with Gasteiger partial charge in [0.1, 0.15) is 11.6 Å². The highest BCUT2D eigenvalue weighted by molar-refractivity contribution is 7.89. The number of rotatable bonds is 6. The minimum absolute atomic E-state index is 0.117. The van der Waals surface area contributed by atoms with Crippen LogP contribution in [0.4, 0.5) is 0 Å². The third-order valence-corrected chi connectivity index (χ3v) is 5.54. The van der Waals surface area contributed by atoms with E-state index in [2.05, 4.69) is 9.71 Å². The van der Waals surface area contributed by atoms with Gasteiger partial charge in [0.2, 0.25) is 10.0 Å². The third kappa shape index (κ3) is 3.52. The number of nitrogens with zero attached hydrogens (tertiary/aromatic N) is 2. The fraction of sp³-hybridized carbons (Fsp3) is 0.278. The molecule has 3 aromatic rings. The molecule has 132 valence electrons. The highest BCUT2D eigenvalue weighted by atomic mass is 32.2. The Labute approximate surface area is 147 Å². The maximum atomic E-state index is 12.7. The van der Waals surface area contributed by atoms with Gasteiger partial charge < -0.3 is 9.14 Å². The number of fused-ring (bicyclic) bond motifs is 1. The summed E-state index contributed by atoms with van der Waals surface area (Å²) in [5, 5.41) is 0. The maximum absolute atomic E-state index is 12.7. The first kappa shape index (κ1) is 17.4. The average Bonchev–Trinajstić information content (AvgIpc) is 2.99. The SMILES string of the molecule is CCOc1cc(C)c(S(=O)(=O)NCc2ncc3ccccn23)cc1C. The Morgan fingerprint density at radius 3 is 2.76 bits per heavy atom. The lowest BCUT2D eigenvalue weighted by Gasteiger charge is -2.13. The van der Waals surface area contributed by atoms with E-state index in [1.165, 1.54) is 0 Å². The van der Waals surface area contributed by atoms with Crippen LogP contribution < -0.4 is 9.46 Å². The van der Waals surface area contributed by atoms with Crippen LogP contribution in [0.3, 0.4) is 0 Å². The molecule has 0 amide bonds. The maximum Gasteiger partial charge on any atom is 0.241 e. The molecule has 0 atom stereocenters. The zero-order chi connectivity index (χ0) is 18.0. The molecule has 3 rings (SSSR count). The van der Waals surface area contributed by atoms with E-state index in [1.54, 1.807) is 25.3 Å². The second-order valence-electron chi connectivity index (χ2n) is 5.81. The number of pyridine rings is 1. The Bertz CT molecular complexity index is 1010. The van der Waals surface area contributed by atoms with Crippen LogP contribution in [0.5, 0.6) is 5.75 Å². The minimum atomic E-state index is -3.65. The Morgan fingerprint density at radius 1 is 1.20 bits per heavy atom. The monoisotopic (exact) mass is 359 g/mol. The van der Waals surface area contributed by atoms with E-state index in [0.29, 0.717) is 23.7 Å². The summed E-state index contributed by atoms with van der Waals surface area (Å²) >= 11 is 0. The van der Waals surface area contributed by atoms with Gasteiger partial charge in [-0.1, -0.05) is 6.07 Å². The summed E-state index contributed by atoms with van der Waals surface area (Å²) in [7, 11) is -3.65. The number of imidazole rings is 1. The molecule has 2 heterocycles. The van der Waals surface area contributed by atoms with Crippen molar-refractivity contribution in [2.75, 3.05) is 6.61 Å². The molecule has 7 heteroatoms. The Hall–Kier alpha value is -2.38. The molecule has 0 aliphatic heterocycles.